The van der Waals surface area contributed by atoms with E-state index >= 15 is 0 Å². The number of rotatable bonds is 4. The standard InChI is InChI=1S/C11H15N3O2/c1-13-10(15)7-14-11(16)9-4-2-8(6-12)3-5-9/h2-5H,6-7,12H2,1H3,(H,13,15)(H,14,16). The Morgan fingerprint density at radius 1 is 1.25 bits per heavy atom. The molecule has 1 aromatic carbocycles. The lowest BCUT2D eigenvalue weighted by Gasteiger charge is -2.04. The van der Waals surface area contributed by atoms with Crippen molar-refractivity contribution < 1.29 is 9.59 Å². The van der Waals surface area contributed by atoms with Crippen LogP contribution in [0.15, 0.2) is 24.3 Å². The molecule has 1 aromatic rings. The topological polar surface area (TPSA) is 84.2 Å². The molecule has 5 nitrogen and oxygen atoms in total. The van der Waals surface area contributed by atoms with Gasteiger partial charge in [0, 0.05) is 19.2 Å². The first-order valence-electron chi connectivity index (χ1n) is 4.95. The molecule has 0 aliphatic carbocycles. The molecule has 86 valence electrons. The minimum absolute atomic E-state index is 0.0199. The Kier molecular flexibility index (Phi) is 4.47. The minimum Gasteiger partial charge on any atom is -0.358 e. The lowest BCUT2D eigenvalue weighted by atomic mass is 10.1. The van der Waals surface area contributed by atoms with E-state index in [0.717, 1.165) is 5.56 Å². The highest BCUT2D eigenvalue weighted by Gasteiger charge is 2.06. The zero-order valence-electron chi connectivity index (χ0n) is 9.12. The van der Waals surface area contributed by atoms with Crippen LogP contribution in [0.3, 0.4) is 0 Å². The van der Waals surface area contributed by atoms with E-state index in [9.17, 15) is 9.59 Å². The van der Waals surface area contributed by atoms with Gasteiger partial charge in [-0.1, -0.05) is 12.1 Å². The van der Waals surface area contributed by atoms with Crippen molar-refractivity contribution in [3.05, 3.63) is 35.4 Å². The largest absolute Gasteiger partial charge is 0.358 e. The molecule has 4 N–H and O–H groups in total. The first-order chi connectivity index (χ1) is 7.67. The summed E-state index contributed by atoms with van der Waals surface area (Å²) in [7, 11) is 1.52. The molecule has 5 heteroatoms. The second-order valence-electron chi connectivity index (χ2n) is 3.26. The quantitative estimate of drug-likeness (QED) is 0.648. The molecule has 0 radical (unpaired) electrons. The van der Waals surface area contributed by atoms with E-state index in [0.29, 0.717) is 12.1 Å². The zero-order valence-corrected chi connectivity index (χ0v) is 9.12. The predicted octanol–water partition coefficient (Wildman–Crippen LogP) is -0.379. The van der Waals surface area contributed by atoms with Gasteiger partial charge in [0.05, 0.1) is 6.54 Å². The van der Waals surface area contributed by atoms with Gasteiger partial charge in [-0.15, -0.1) is 0 Å². The number of nitrogens with one attached hydrogen (secondary N) is 2. The minimum atomic E-state index is -0.271. The summed E-state index contributed by atoms with van der Waals surface area (Å²) in [5.41, 5.74) is 6.91. The fourth-order valence-corrected chi connectivity index (χ4v) is 1.14. The molecule has 0 aliphatic rings. The van der Waals surface area contributed by atoms with Crippen molar-refractivity contribution in [2.75, 3.05) is 13.6 Å². The van der Waals surface area contributed by atoms with Crippen molar-refractivity contribution in [1.82, 2.24) is 10.6 Å². The summed E-state index contributed by atoms with van der Waals surface area (Å²) >= 11 is 0. The van der Waals surface area contributed by atoms with Gasteiger partial charge in [0.25, 0.3) is 5.91 Å². The zero-order chi connectivity index (χ0) is 12.0. The number of benzene rings is 1. The molecule has 0 bridgehead atoms. The van der Waals surface area contributed by atoms with Crippen molar-refractivity contribution >= 4 is 11.8 Å². The third-order valence-corrected chi connectivity index (χ3v) is 2.14. The van der Waals surface area contributed by atoms with Gasteiger partial charge in [-0.05, 0) is 17.7 Å². The molecule has 0 unspecified atom stereocenters. The highest BCUT2D eigenvalue weighted by Crippen LogP contribution is 2.03. The molecule has 0 spiro atoms. The van der Waals surface area contributed by atoms with E-state index in [1.54, 1.807) is 24.3 Å². The number of carbonyl (C=O) groups is 2. The number of hydrogen-bond acceptors (Lipinski definition) is 3. The summed E-state index contributed by atoms with van der Waals surface area (Å²) in [6.07, 6.45) is 0. The highest BCUT2D eigenvalue weighted by molar-refractivity contribution is 5.96. The maximum absolute atomic E-state index is 11.5. The Morgan fingerprint density at radius 2 is 1.88 bits per heavy atom. The van der Waals surface area contributed by atoms with E-state index in [4.69, 9.17) is 5.73 Å². The Balaban J connectivity index is 2.56. The first-order valence-corrected chi connectivity index (χ1v) is 4.95. The van der Waals surface area contributed by atoms with Crippen LogP contribution in [0.1, 0.15) is 15.9 Å². The molecule has 0 aliphatic heterocycles. The van der Waals surface area contributed by atoms with Crippen molar-refractivity contribution in [3.63, 3.8) is 0 Å². The van der Waals surface area contributed by atoms with Crippen LogP contribution in [-0.4, -0.2) is 25.4 Å². The van der Waals surface area contributed by atoms with Crippen LogP contribution in [0.2, 0.25) is 0 Å². The molecule has 0 heterocycles. The molecule has 0 fully saturated rings. The van der Waals surface area contributed by atoms with Gasteiger partial charge in [-0.25, -0.2) is 0 Å². The van der Waals surface area contributed by atoms with Gasteiger partial charge in [-0.3, -0.25) is 9.59 Å². The second-order valence-corrected chi connectivity index (χ2v) is 3.26. The van der Waals surface area contributed by atoms with Gasteiger partial charge in [-0.2, -0.15) is 0 Å². The van der Waals surface area contributed by atoms with Crippen LogP contribution in [-0.2, 0) is 11.3 Å². The van der Waals surface area contributed by atoms with E-state index in [1.165, 1.54) is 7.05 Å². The van der Waals surface area contributed by atoms with Crippen molar-refractivity contribution in [2.24, 2.45) is 5.73 Å². The molecular formula is C11H15N3O2. The van der Waals surface area contributed by atoms with Crippen molar-refractivity contribution in [3.8, 4) is 0 Å². The molecule has 0 aromatic heterocycles. The van der Waals surface area contributed by atoms with E-state index in [1.807, 2.05) is 0 Å². The fourth-order valence-electron chi connectivity index (χ4n) is 1.14. The Hall–Kier alpha value is -1.88. The van der Waals surface area contributed by atoms with Gasteiger partial charge in [0.2, 0.25) is 5.91 Å². The van der Waals surface area contributed by atoms with Crippen molar-refractivity contribution in [2.45, 2.75) is 6.54 Å². The summed E-state index contributed by atoms with van der Waals surface area (Å²) in [4.78, 5) is 22.4. The van der Waals surface area contributed by atoms with Crippen LogP contribution >= 0.6 is 0 Å². The van der Waals surface area contributed by atoms with Crippen LogP contribution in [0, 0.1) is 0 Å². The van der Waals surface area contributed by atoms with Crippen LogP contribution in [0.5, 0.6) is 0 Å². The molecule has 0 saturated carbocycles. The summed E-state index contributed by atoms with van der Waals surface area (Å²) in [5, 5.41) is 4.92. The lowest BCUT2D eigenvalue weighted by Crippen LogP contribution is -2.35. The number of nitrogens with two attached hydrogens (primary N) is 1. The van der Waals surface area contributed by atoms with E-state index < -0.39 is 0 Å². The maximum atomic E-state index is 11.5. The van der Waals surface area contributed by atoms with E-state index in [2.05, 4.69) is 10.6 Å². The predicted molar refractivity (Wildman–Crippen MR) is 60.7 cm³/mol. The summed E-state index contributed by atoms with van der Waals surface area (Å²) in [6, 6.07) is 6.94. The summed E-state index contributed by atoms with van der Waals surface area (Å²) < 4.78 is 0. The smallest absolute Gasteiger partial charge is 0.251 e. The normalized spacial score (nSPS) is 9.62. The molecule has 1 rings (SSSR count). The molecular weight excluding hydrogens is 206 g/mol. The first kappa shape index (κ1) is 12.2. The van der Waals surface area contributed by atoms with Crippen LogP contribution in [0.4, 0.5) is 0 Å². The fraction of sp³-hybridized carbons (Fsp3) is 0.273. The third-order valence-electron chi connectivity index (χ3n) is 2.14. The van der Waals surface area contributed by atoms with E-state index in [-0.39, 0.29) is 18.4 Å². The number of hydrogen-bond donors (Lipinski definition) is 3. The SMILES string of the molecule is CNC(=O)CNC(=O)c1ccc(CN)cc1. The Morgan fingerprint density at radius 3 is 2.38 bits per heavy atom. The second kappa shape index (κ2) is 5.87. The average molecular weight is 221 g/mol. The Labute approximate surface area is 94.0 Å². The number of amides is 2. The highest BCUT2D eigenvalue weighted by atomic mass is 16.2. The molecule has 0 atom stereocenters. The maximum Gasteiger partial charge on any atom is 0.251 e. The number of likely N-dealkylation sites (N-methyl/N-ethyl adjacent to an activating group) is 1. The monoisotopic (exact) mass is 221 g/mol. The lowest BCUT2D eigenvalue weighted by molar-refractivity contribution is -0.119. The Bertz CT molecular complexity index is 373. The summed E-state index contributed by atoms with van der Waals surface area (Å²) in [6.45, 7) is 0.425. The molecule has 16 heavy (non-hydrogen) atoms. The number of carbonyl (C=O) groups excluding carboxylic acids is 2. The van der Waals surface area contributed by atoms with Crippen LogP contribution in [0.25, 0.3) is 0 Å². The van der Waals surface area contributed by atoms with Crippen LogP contribution < -0.4 is 16.4 Å². The average Bonchev–Trinajstić information content (AvgIpc) is 2.35. The molecule has 0 saturated heterocycles. The summed E-state index contributed by atoms with van der Waals surface area (Å²) in [5.74, 6) is -0.501. The van der Waals surface area contributed by atoms with Crippen molar-refractivity contribution in [1.29, 1.82) is 0 Å². The molecule has 2 amide bonds. The third kappa shape index (κ3) is 3.36. The van der Waals surface area contributed by atoms with Gasteiger partial charge in [0.1, 0.15) is 0 Å². The van der Waals surface area contributed by atoms with Gasteiger partial charge >= 0.3 is 0 Å². The van der Waals surface area contributed by atoms with Gasteiger partial charge in [0.15, 0.2) is 0 Å². The van der Waals surface area contributed by atoms with Gasteiger partial charge < -0.3 is 16.4 Å².